The van der Waals surface area contributed by atoms with E-state index in [9.17, 15) is 9.18 Å². The first-order chi connectivity index (χ1) is 10.5. The number of carbonyl (C=O) groups excluding carboxylic acids is 1. The Morgan fingerprint density at radius 3 is 2.68 bits per heavy atom. The Morgan fingerprint density at radius 2 is 2.05 bits per heavy atom. The Labute approximate surface area is 130 Å². The minimum absolute atomic E-state index is 0.238. The molecule has 112 valence electrons. The van der Waals surface area contributed by atoms with Gasteiger partial charge in [-0.2, -0.15) is 10.1 Å². The van der Waals surface area contributed by atoms with Crippen LogP contribution >= 0.6 is 11.3 Å². The summed E-state index contributed by atoms with van der Waals surface area (Å²) in [5.41, 5.74) is 1.81. The number of hydrogen-bond acceptors (Lipinski definition) is 4. The smallest absolute Gasteiger partial charge is 0.268 e. The molecule has 0 saturated carbocycles. The predicted molar refractivity (Wildman–Crippen MR) is 83.4 cm³/mol. The fourth-order valence-electron chi connectivity index (χ4n) is 2.08. The topological polar surface area (TPSA) is 59.8 Å². The lowest BCUT2D eigenvalue weighted by Gasteiger charge is -2.01. The van der Waals surface area contributed by atoms with Crippen LogP contribution < -0.4 is 5.32 Å². The molecule has 2 heterocycles. The lowest BCUT2D eigenvalue weighted by Crippen LogP contribution is -2.14. The highest BCUT2D eigenvalue weighted by Gasteiger charge is 2.15. The molecule has 2 aromatic heterocycles. The van der Waals surface area contributed by atoms with Crippen molar-refractivity contribution in [3.05, 3.63) is 52.2 Å². The van der Waals surface area contributed by atoms with Gasteiger partial charge in [-0.1, -0.05) is 12.1 Å². The number of thiophene rings is 1. The number of aromatic nitrogens is 3. The van der Waals surface area contributed by atoms with Gasteiger partial charge in [0.2, 0.25) is 5.95 Å². The third-order valence-corrected chi connectivity index (χ3v) is 4.28. The van der Waals surface area contributed by atoms with Crippen molar-refractivity contribution in [2.24, 2.45) is 7.05 Å². The molecule has 0 atom stereocenters. The minimum Gasteiger partial charge on any atom is -0.290 e. The van der Waals surface area contributed by atoms with Gasteiger partial charge in [0.15, 0.2) is 0 Å². The molecule has 1 amide bonds. The van der Waals surface area contributed by atoms with E-state index in [1.54, 1.807) is 25.2 Å². The normalized spacial score (nSPS) is 10.7. The van der Waals surface area contributed by atoms with Crippen LogP contribution in [-0.4, -0.2) is 20.7 Å². The van der Waals surface area contributed by atoms with Crippen molar-refractivity contribution >= 4 is 23.2 Å². The number of carbonyl (C=O) groups is 1. The zero-order valence-corrected chi connectivity index (χ0v) is 12.8. The molecule has 3 aromatic rings. The van der Waals surface area contributed by atoms with E-state index in [1.165, 1.54) is 34.5 Å². The molecule has 7 heteroatoms. The summed E-state index contributed by atoms with van der Waals surface area (Å²) in [5, 5.41) is 6.61. The quantitative estimate of drug-likeness (QED) is 0.807. The maximum atomic E-state index is 13.0. The standard InChI is InChI=1S/C15H13FN4OS/c1-9-12(10-3-5-11(16)6-4-10)7-13(22-9)14(21)19-15-17-8-18-20(15)2/h3-8H,1-2H3,(H,17,18,19,21). The maximum Gasteiger partial charge on any atom is 0.268 e. The van der Waals surface area contributed by atoms with E-state index in [-0.39, 0.29) is 11.7 Å². The largest absolute Gasteiger partial charge is 0.290 e. The van der Waals surface area contributed by atoms with Crippen LogP contribution in [0.2, 0.25) is 0 Å². The number of rotatable bonds is 3. The van der Waals surface area contributed by atoms with Crippen LogP contribution in [0.3, 0.4) is 0 Å². The van der Waals surface area contributed by atoms with Crippen molar-refractivity contribution in [3.63, 3.8) is 0 Å². The average Bonchev–Trinajstić information content (AvgIpc) is 3.07. The zero-order chi connectivity index (χ0) is 15.7. The number of amides is 1. The second-order valence-electron chi connectivity index (χ2n) is 4.75. The van der Waals surface area contributed by atoms with E-state index in [0.717, 1.165) is 16.0 Å². The predicted octanol–water partition coefficient (Wildman–Crippen LogP) is 3.24. The van der Waals surface area contributed by atoms with Gasteiger partial charge in [0.05, 0.1) is 4.88 Å². The minimum atomic E-state index is -0.281. The van der Waals surface area contributed by atoms with E-state index >= 15 is 0 Å². The Hall–Kier alpha value is -2.54. The SMILES string of the molecule is Cc1sc(C(=O)Nc2ncnn2C)cc1-c1ccc(F)cc1. The summed E-state index contributed by atoms with van der Waals surface area (Å²) in [4.78, 5) is 17.8. The van der Waals surface area contributed by atoms with Gasteiger partial charge in [0.1, 0.15) is 12.1 Å². The second-order valence-corrected chi connectivity index (χ2v) is 6.01. The molecule has 0 fully saturated rings. The van der Waals surface area contributed by atoms with Crippen molar-refractivity contribution in [2.45, 2.75) is 6.92 Å². The Kier molecular flexibility index (Phi) is 3.72. The summed E-state index contributed by atoms with van der Waals surface area (Å²) < 4.78 is 14.5. The molecule has 5 nitrogen and oxygen atoms in total. The molecule has 0 aliphatic carbocycles. The number of halogens is 1. The van der Waals surface area contributed by atoms with Crippen LogP contribution in [0.4, 0.5) is 10.3 Å². The molecule has 1 N–H and O–H groups in total. The monoisotopic (exact) mass is 316 g/mol. The number of anilines is 1. The van der Waals surface area contributed by atoms with Gasteiger partial charge in [-0.05, 0) is 36.2 Å². The van der Waals surface area contributed by atoms with Gasteiger partial charge in [-0.25, -0.2) is 9.07 Å². The van der Waals surface area contributed by atoms with Crippen molar-refractivity contribution in [3.8, 4) is 11.1 Å². The van der Waals surface area contributed by atoms with Crippen molar-refractivity contribution in [2.75, 3.05) is 5.32 Å². The van der Waals surface area contributed by atoms with Gasteiger partial charge in [0, 0.05) is 11.9 Å². The second kappa shape index (κ2) is 5.69. The summed E-state index contributed by atoms with van der Waals surface area (Å²) >= 11 is 1.39. The summed E-state index contributed by atoms with van der Waals surface area (Å²) in [7, 11) is 1.70. The Balaban J connectivity index is 1.87. The van der Waals surface area contributed by atoms with Crippen molar-refractivity contribution < 1.29 is 9.18 Å². The summed E-state index contributed by atoms with van der Waals surface area (Å²) in [6.45, 7) is 1.93. The summed E-state index contributed by atoms with van der Waals surface area (Å²) in [6, 6.07) is 8.03. The average molecular weight is 316 g/mol. The van der Waals surface area contributed by atoms with E-state index < -0.39 is 0 Å². The molecule has 1 aromatic carbocycles. The number of nitrogens with one attached hydrogen (secondary N) is 1. The molecule has 3 rings (SSSR count). The molecular weight excluding hydrogens is 303 g/mol. The highest BCUT2D eigenvalue weighted by atomic mass is 32.1. The summed E-state index contributed by atoms with van der Waals surface area (Å²) in [6.07, 6.45) is 1.37. The number of aryl methyl sites for hydroxylation is 2. The van der Waals surface area contributed by atoms with Gasteiger partial charge in [-0.3, -0.25) is 10.1 Å². The Morgan fingerprint density at radius 1 is 1.32 bits per heavy atom. The molecule has 0 saturated heterocycles. The van der Waals surface area contributed by atoms with Crippen molar-refractivity contribution in [1.29, 1.82) is 0 Å². The van der Waals surface area contributed by atoms with Gasteiger partial charge in [0.25, 0.3) is 5.91 Å². The molecular formula is C15H13FN4OS. The molecule has 0 unspecified atom stereocenters. The first kappa shape index (κ1) is 14.4. The van der Waals surface area contributed by atoms with E-state index in [0.29, 0.717) is 10.8 Å². The maximum absolute atomic E-state index is 13.0. The third kappa shape index (κ3) is 2.75. The molecule has 0 aliphatic rings. The van der Waals surface area contributed by atoms with Crippen LogP contribution in [0.15, 0.2) is 36.7 Å². The van der Waals surface area contributed by atoms with Gasteiger partial charge in [-0.15, -0.1) is 11.3 Å². The van der Waals surface area contributed by atoms with Gasteiger partial charge >= 0.3 is 0 Å². The molecule has 0 radical (unpaired) electrons. The summed E-state index contributed by atoms with van der Waals surface area (Å²) in [5.74, 6) is -0.131. The van der Waals surface area contributed by atoms with Crippen LogP contribution in [-0.2, 0) is 7.05 Å². The number of hydrogen-bond donors (Lipinski definition) is 1. The van der Waals surface area contributed by atoms with Gasteiger partial charge < -0.3 is 0 Å². The van der Waals surface area contributed by atoms with Crippen molar-refractivity contribution in [1.82, 2.24) is 14.8 Å². The number of nitrogens with zero attached hydrogens (tertiary/aromatic N) is 3. The van der Waals surface area contributed by atoms with Crippen LogP contribution in [0, 0.1) is 12.7 Å². The third-order valence-electron chi connectivity index (χ3n) is 3.23. The van der Waals surface area contributed by atoms with E-state index in [2.05, 4.69) is 15.4 Å². The molecule has 0 aliphatic heterocycles. The first-order valence-electron chi connectivity index (χ1n) is 6.56. The number of benzene rings is 1. The highest BCUT2D eigenvalue weighted by Crippen LogP contribution is 2.31. The van der Waals surface area contributed by atoms with Crippen LogP contribution in [0.25, 0.3) is 11.1 Å². The molecule has 0 spiro atoms. The van der Waals surface area contributed by atoms with Crippen LogP contribution in [0.1, 0.15) is 14.5 Å². The zero-order valence-electron chi connectivity index (χ0n) is 12.0. The first-order valence-corrected chi connectivity index (χ1v) is 7.38. The molecule has 0 bridgehead atoms. The van der Waals surface area contributed by atoms with E-state index in [4.69, 9.17) is 0 Å². The van der Waals surface area contributed by atoms with E-state index in [1.807, 2.05) is 6.92 Å². The lowest BCUT2D eigenvalue weighted by molar-refractivity contribution is 0.102. The Bertz CT molecular complexity index is 822. The fraction of sp³-hybridized carbons (Fsp3) is 0.133. The highest BCUT2D eigenvalue weighted by molar-refractivity contribution is 7.14. The molecule has 22 heavy (non-hydrogen) atoms. The van der Waals surface area contributed by atoms with Crippen LogP contribution in [0.5, 0.6) is 0 Å². The lowest BCUT2D eigenvalue weighted by atomic mass is 10.1. The fourth-order valence-corrected chi connectivity index (χ4v) is 3.02.